The van der Waals surface area contributed by atoms with Crippen LogP contribution >= 0.6 is 0 Å². The highest BCUT2D eigenvalue weighted by atomic mass is 16.1. The fraction of sp³-hybridized carbons (Fsp3) is 0.346. The van der Waals surface area contributed by atoms with Crippen LogP contribution in [0.3, 0.4) is 0 Å². The van der Waals surface area contributed by atoms with Crippen LogP contribution in [0.2, 0.25) is 0 Å². The van der Waals surface area contributed by atoms with E-state index in [4.69, 9.17) is 4.98 Å². The van der Waals surface area contributed by atoms with Crippen LogP contribution in [0, 0.1) is 0 Å². The minimum Gasteiger partial charge on any atom is -0.352 e. The molecule has 0 spiro atoms. The topological polar surface area (TPSA) is 93.0 Å². The second kappa shape index (κ2) is 10.9. The van der Waals surface area contributed by atoms with Gasteiger partial charge in [0.25, 0.3) is 11.5 Å². The lowest BCUT2D eigenvalue weighted by Crippen LogP contribution is -2.35. The summed E-state index contributed by atoms with van der Waals surface area (Å²) in [7, 11) is 1.74. The van der Waals surface area contributed by atoms with Crippen molar-refractivity contribution >= 4 is 17.4 Å². The highest BCUT2D eigenvalue weighted by Crippen LogP contribution is 2.25. The molecular weight excluding hydrogens is 428 g/mol. The molecule has 8 nitrogen and oxygen atoms in total. The van der Waals surface area contributed by atoms with Gasteiger partial charge in [0, 0.05) is 44.5 Å². The van der Waals surface area contributed by atoms with Crippen LogP contribution in [-0.2, 0) is 7.05 Å². The predicted molar refractivity (Wildman–Crippen MR) is 134 cm³/mol. The molecule has 1 aliphatic heterocycles. The molecule has 34 heavy (non-hydrogen) atoms. The van der Waals surface area contributed by atoms with E-state index in [-0.39, 0.29) is 11.5 Å². The summed E-state index contributed by atoms with van der Waals surface area (Å²) in [6.07, 6.45) is 9.38. The zero-order chi connectivity index (χ0) is 23.9. The normalized spacial score (nSPS) is 13.5. The summed E-state index contributed by atoms with van der Waals surface area (Å²) in [6.45, 7) is 4.23. The van der Waals surface area contributed by atoms with E-state index in [1.165, 1.54) is 12.4 Å². The second-order valence-electron chi connectivity index (χ2n) is 8.41. The van der Waals surface area contributed by atoms with Crippen LogP contribution in [0.25, 0.3) is 17.0 Å². The molecule has 1 N–H and O–H groups in total. The summed E-state index contributed by atoms with van der Waals surface area (Å²) in [4.78, 5) is 40.0. The molecule has 0 saturated heterocycles. The second-order valence-corrected chi connectivity index (χ2v) is 8.41. The molecule has 0 bridgehead atoms. The average Bonchev–Trinajstić information content (AvgIpc) is 2.88. The first kappa shape index (κ1) is 23.4. The van der Waals surface area contributed by atoms with Gasteiger partial charge in [0.05, 0.1) is 11.4 Å². The van der Waals surface area contributed by atoms with Gasteiger partial charge in [0.15, 0.2) is 0 Å². The average molecular weight is 459 g/mol. The molecule has 3 aromatic rings. The fourth-order valence-electron chi connectivity index (χ4n) is 4.02. The van der Waals surface area contributed by atoms with Gasteiger partial charge in [-0.3, -0.25) is 14.2 Å². The molecule has 8 heteroatoms. The number of aromatic nitrogens is 4. The van der Waals surface area contributed by atoms with Gasteiger partial charge in [-0.15, -0.1) is 0 Å². The van der Waals surface area contributed by atoms with E-state index in [0.717, 1.165) is 43.4 Å². The number of amides is 1. The van der Waals surface area contributed by atoms with Crippen molar-refractivity contribution in [3.8, 4) is 11.4 Å². The number of rotatable bonds is 8. The lowest BCUT2D eigenvalue weighted by molar-refractivity contribution is 0.0953. The number of carbonyl (C=O) groups is 1. The number of carbonyl (C=O) groups excluding carboxylic acids is 1. The molecule has 0 radical (unpaired) electrons. The maximum Gasteiger partial charge on any atom is 0.255 e. The SMILES string of the molecule is CCCCCNC(=O)c1ccc(C2=CCCN(c3nc(-c4ccncn4)cc(=O)n3C)C2)cc1. The fourth-order valence-corrected chi connectivity index (χ4v) is 4.02. The number of nitrogens with one attached hydrogen (secondary N) is 1. The van der Waals surface area contributed by atoms with Crippen LogP contribution in [0.4, 0.5) is 5.95 Å². The Bertz CT molecular complexity index is 1220. The Morgan fingerprint density at radius 1 is 1.12 bits per heavy atom. The van der Waals surface area contributed by atoms with Crippen molar-refractivity contribution in [3.05, 3.63) is 76.5 Å². The Morgan fingerprint density at radius 2 is 1.94 bits per heavy atom. The third-order valence-corrected chi connectivity index (χ3v) is 5.97. The molecule has 3 heterocycles. The minimum atomic E-state index is -0.135. The van der Waals surface area contributed by atoms with Gasteiger partial charge < -0.3 is 10.2 Å². The van der Waals surface area contributed by atoms with Gasteiger partial charge in [0.2, 0.25) is 5.95 Å². The van der Waals surface area contributed by atoms with Gasteiger partial charge in [-0.05, 0) is 42.2 Å². The molecule has 176 valence electrons. The number of anilines is 1. The van der Waals surface area contributed by atoms with E-state index < -0.39 is 0 Å². The van der Waals surface area contributed by atoms with E-state index in [9.17, 15) is 9.59 Å². The predicted octanol–water partition coefficient (Wildman–Crippen LogP) is 3.45. The third kappa shape index (κ3) is 5.39. The molecule has 1 amide bonds. The highest BCUT2D eigenvalue weighted by molar-refractivity contribution is 5.94. The number of hydrogen-bond acceptors (Lipinski definition) is 6. The summed E-state index contributed by atoms with van der Waals surface area (Å²) in [5.41, 5.74) is 3.88. The van der Waals surface area contributed by atoms with E-state index in [2.05, 4.69) is 33.2 Å². The molecule has 0 saturated carbocycles. The molecule has 0 aliphatic carbocycles. The van der Waals surface area contributed by atoms with Crippen molar-refractivity contribution in [3.63, 3.8) is 0 Å². The Balaban J connectivity index is 1.50. The van der Waals surface area contributed by atoms with Crippen LogP contribution in [0.5, 0.6) is 0 Å². The lowest BCUT2D eigenvalue weighted by atomic mass is 10.00. The van der Waals surface area contributed by atoms with E-state index in [1.54, 1.807) is 23.9 Å². The maximum absolute atomic E-state index is 12.6. The number of nitrogens with zero attached hydrogens (tertiary/aromatic N) is 5. The number of benzene rings is 1. The van der Waals surface area contributed by atoms with E-state index in [1.807, 2.05) is 24.3 Å². The molecule has 0 atom stereocenters. The first-order valence-corrected chi connectivity index (χ1v) is 11.7. The van der Waals surface area contributed by atoms with Crippen LogP contribution in [-0.4, -0.2) is 45.1 Å². The van der Waals surface area contributed by atoms with Crippen LogP contribution in [0.1, 0.15) is 48.5 Å². The van der Waals surface area contributed by atoms with Crippen LogP contribution < -0.4 is 15.8 Å². The van der Waals surface area contributed by atoms with Gasteiger partial charge in [-0.1, -0.05) is 38.0 Å². The molecular formula is C26H30N6O2. The molecule has 0 fully saturated rings. The summed E-state index contributed by atoms with van der Waals surface area (Å²) in [5.74, 6) is 0.567. The van der Waals surface area contributed by atoms with Gasteiger partial charge in [0.1, 0.15) is 6.33 Å². The molecule has 1 aliphatic rings. The summed E-state index contributed by atoms with van der Waals surface area (Å²) in [5, 5.41) is 2.98. The van der Waals surface area contributed by atoms with Crippen molar-refractivity contribution in [1.29, 1.82) is 0 Å². The zero-order valence-electron chi connectivity index (χ0n) is 19.7. The maximum atomic E-state index is 12.6. The van der Waals surface area contributed by atoms with Gasteiger partial charge in [-0.2, -0.15) is 0 Å². The van der Waals surface area contributed by atoms with Gasteiger partial charge in [-0.25, -0.2) is 15.0 Å². The molecule has 2 aromatic heterocycles. The van der Waals surface area contributed by atoms with Crippen molar-refractivity contribution in [2.75, 3.05) is 24.5 Å². The van der Waals surface area contributed by atoms with Crippen molar-refractivity contribution in [1.82, 2.24) is 24.8 Å². The Kier molecular flexibility index (Phi) is 7.47. The summed E-state index contributed by atoms with van der Waals surface area (Å²) >= 11 is 0. The highest BCUT2D eigenvalue weighted by Gasteiger charge is 2.20. The van der Waals surface area contributed by atoms with Crippen molar-refractivity contribution < 1.29 is 4.79 Å². The number of hydrogen-bond donors (Lipinski definition) is 1. The Hall–Kier alpha value is -3.81. The van der Waals surface area contributed by atoms with Gasteiger partial charge >= 0.3 is 0 Å². The summed E-state index contributed by atoms with van der Waals surface area (Å²) < 4.78 is 1.57. The smallest absolute Gasteiger partial charge is 0.255 e. The Labute approximate surface area is 199 Å². The standard InChI is InChI=1S/C26H30N6O2/c1-3-4-5-13-28-25(34)20-10-8-19(9-11-20)21-7-6-15-32(17-21)26-30-23(16-24(33)31(26)2)22-12-14-27-18-29-22/h7-12,14,16,18H,3-6,13,15,17H2,1-2H3,(H,28,34). The van der Waals surface area contributed by atoms with E-state index in [0.29, 0.717) is 36.0 Å². The van der Waals surface area contributed by atoms with Crippen molar-refractivity contribution in [2.24, 2.45) is 7.05 Å². The largest absolute Gasteiger partial charge is 0.352 e. The summed E-state index contributed by atoms with van der Waals surface area (Å²) in [6, 6.07) is 11.0. The third-order valence-electron chi connectivity index (χ3n) is 5.97. The monoisotopic (exact) mass is 458 g/mol. The van der Waals surface area contributed by atoms with Crippen molar-refractivity contribution in [2.45, 2.75) is 32.6 Å². The zero-order valence-corrected chi connectivity index (χ0v) is 19.7. The first-order chi connectivity index (χ1) is 16.6. The van der Waals surface area contributed by atoms with Crippen LogP contribution in [0.15, 0.2) is 59.8 Å². The number of unbranched alkanes of at least 4 members (excludes halogenated alkanes) is 2. The first-order valence-electron chi connectivity index (χ1n) is 11.7. The van der Waals surface area contributed by atoms with E-state index >= 15 is 0 Å². The minimum absolute atomic E-state index is 0.0392. The molecule has 0 unspecified atom stereocenters. The lowest BCUT2D eigenvalue weighted by Gasteiger charge is -2.30. The quantitative estimate of drug-likeness (QED) is 0.520. The molecule has 4 rings (SSSR count). The Morgan fingerprint density at radius 3 is 2.68 bits per heavy atom. The molecule has 1 aromatic carbocycles.